The molecule has 1 aromatic rings. The Labute approximate surface area is 131 Å². The van der Waals surface area contributed by atoms with E-state index in [-0.39, 0.29) is 11.5 Å². The third-order valence-corrected chi connectivity index (χ3v) is 6.15. The highest BCUT2D eigenvalue weighted by atomic mass is 32.1. The number of aliphatic hydroxyl groups is 1. The Balaban J connectivity index is 1.81. The van der Waals surface area contributed by atoms with Crippen molar-refractivity contribution in [2.24, 2.45) is 5.41 Å². The number of likely N-dealkylation sites (tertiary alicyclic amines) is 1. The Morgan fingerprint density at radius 3 is 2.90 bits per heavy atom. The summed E-state index contributed by atoms with van der Waals surface area (Å²) in [5.41, 5.74) is 1.27. The molecule has 1 N–H and O–H groups in total. The molecule has 4 nitrogen and oxygen atoms in total. The van der Waals surface area contributed by atoms with Crippen molar-refractivity contribution in [3.8, 4) is 0 Å². The lowest BCUT2D eigenvalue weighted by Gasteiger charge is -2.35. The van der Waals surface area contributed by atoms with E-state index < -0.39 is 0 Å². The predicted molar refractivity (Wildman–Crippen MR) is 88.1 cm³/mol. The smallest absolute Gasteiger partial charge is 0.185 e. The van der Waals surface area contributed by atoms with Crippen LogP contribution in [0.4, 0.5) is 5.13 Å². The number of aliphatic hydroxyl groups excluding tert-OH is 1. The molecule has 2 atom stereocenters. The van der Waals surface area contributed by atoms with Crippen molar-refractivity contribution in [2.75, 3.05) is 32.1 Å². The Kier molecular flexibility index (Phi) is 4.01. The second-order valence-corrected chi connectivity index (χ2v) is 8.55. The number of rotatable bonds is 2. The van der Waals surface area contributed by atoms with Gasteiger partial charge in [-0.15, -0.1) is 0 Å². The van der Waals surface area contributed by atoms with E-state index in [0.717, 1.165) is 35.1 Å². The molecule has 0 amide bonds. The SMILES string of the molecule is CN1CCCC(N(C)c2nc3c(s2)C(O)CC(C)(C)C3)C1. The summed E-state index contributed by atoms with van der Waals surface area (Å²) in [6.45, 7) is 6.75. The van der Waals surface area contributed by atoms with Gasteiger partial charge >= 0.3 is 0 Å². The van der Waals surface area contributed by atoms with Gasteiger partial charge in [-0.05, 0) is 44.7 Å². The van der Waals surface area contributed by atoms with Gasteiger partial charge in [-0.25, -0.2) is 4.98 Å². The van der Waals surface area contributed by atoms with Crippen LogP contribution in [0, 0.1) is 5.41 Å². The average molecular weight is 309 g/mol. The summed E-state index contributed by atoms with van der Waals surface area (Å²) in [6.07, 6.45) is 3.98. The normalized spacial score (nSPS) is 29.2. The van der Waals surface area contributed by atoms with Gasteiger partial charge in [0.25, 0.3) is 0 Å². The molecule has 1 aliphatic carbocycles. The lowest BCUT2D eigenvalue weighted by atomic mass is 9.77. The number of fused-ring (bicyclic) bond motifs is 1. The van der Waals surface area contributed by atoms with Crippen molar-refractivity contribution in [2.45, 2.75) is 51.7 Å². The first-order valence-electron chi connectivity index (χ1n) is 7.95. The minimum absolute atomic E-state index is 0.154. The fourth-order valence-corrected chi connectivity index (χ4v) is 4.74. The molecule has 0 saturated carbocycles. The fraction of sp³-hybridized carbons (Fsp3) is 0.812. The van der Waals surface area contributed by atoms with Crippen LogP contribution < -0.4 is 4.90 Å². The number of aromatic nitrogens is 1. The first-order chi connectivity index (χ1) is 9.85. The third kappa shape index (κ3) is 3.10. The number of likely N-dealkylation sites (N-methyl/N-ethyl adjacent to an activating group) is 2. The maximum absolute atomic E-state index is 10.4. The number of piperidine rings is 1. The monoisotopic (exact) mass is 309 g/mol. The predicted octanol–water partition coefficient (Wildman–Crippen LogP) is 2.68. The van der Waals surface area contributed by atoms with E-state index in [2.05, 4.69) is 37.7 Å². The minimum atomic E-state index is -0.336. The Morgan fingerprint density at radius 2 is 2.19 bits per heavy atom. The summed E-state index contributed by atoms with van der Waals surface area (Å²) in [6, 6.07) is 0.543. The van der Waals surface area contributed by atoms with Gasteiger partial charge in [0.15, 0.2) is 5.13 Å². The molecule has 0 spiro atoms. The number of nitrogens with zero attached hydrogens (tertiary/aromatic N) is 3. The van der Waals surface area contributed by atoms with Crippen LogP contribution in [0.25, 0.3) is 0 Å². The molecule has 2 unspecified atom stereocenters. The highest BCUT2D eigenvalue weighted by Crippen LogP contribution is 2.44. The summed E-state index contributed by atoms with van der Waals surface area (Å²) < 4.78 is 0. The maximum atomic E-state index is 10.4. The zero-order chi connectivity index (χ0) is 15.2. The van der Waals surface area contributed by atoms with Crippen LogP contribution in [-0.4, -0.2) is 48.2 Å². The van der Waals surface area contributed by atoms with Crippen molar-refractivity contribution in [1.29, 1.82) is 0 Å². The fourth-order valence-electron chi connectivity index (χ4n) is 3.64. The Morgan fingerprint density at radius 1 is 1.43 bits per heavy atom. The zero-order valence-corrected chi connectivity index (χ0v) is 14.4. The standard InChI is InChI=1S/C16H27N3OS/c1-16(2)8-12-14(13(20)9-16)21-15(17-12)19(4)11-6-5-7-18(3)10-11/h11,13,20H,5-10H2,1-4H3. The second-order valence-electron chi connectivity index (χ2n) is 7.54. The molecule has 1 fully saturated rings. The topological polar surface area (TPSA) is 39.6 Å². The van der Waals surface area contributed by atoms with Crippen LogP contribution in [-0.2, 0) is 6.42 Å². The van der Waals surface area contributed by atoms with Gasteiger partial charge in [-0.1, -0.05) is 25.2 Å². The van der Waals surface area contributed by atoms with E-state index >= 15 is 0 Å². The zero-order valence-electron chi connectivity index (χ0n) is 13.6. The molecule has 0 radical (unpaired) electrons. The first kappa shape index (κ1) is 15.3. The minimum Gasteiger partial charge on any atom is -0.387 e. The molecule has 2 heterocycles. The van der Waals surface area contributed by atoms with Crippen LogP contribution in [0.5, 0.6) is 0 Å². The van der Waals surface area contributed by atoms with Crippen LogP contribution in [0.1, 0.15) is 49.8 Å². The third-order valence-electron chi connectivity index (χ3n) is 4.86. The molecule has 1 saturated heterocycles. The van der Waals surface area contributed by atoms with Crippen LogP contribution in [0.2, 0.25) is 0 Å². The highest BCUT2D eigenvalue weighted by Gasteiger charge is 2.35. The summed E-state index contributed by atoms with van der Waals surface area (Å²) >= 11 is 1.69. The van der Waals surface area contributed by atoms with Crippen molar-refractivity contribution in [3.63, 3.8) is 0 Å². The first-order valence-corrected chi connectivity index (χ1v) is 8.76. The lowest BCUT2D eigenvalue weighted by Crippen LogP contribution is -2.45. The van der Waals surface area contributed by atoms with E-state index in [4.69, 9.17) is 4.98 Å². The molecule has 1 aromatic heterocycles. The molecule has 118 valence electrons. The van der Waals surface area contributed by atoms with Gasteiger partial charge in [0.1, 0.15) is 0 Å². The number of thiazole rings is 1. The van der Waals surface area contributed by atoms with Gasteiger partial charge in [0.2, 0.25) is 0 Å². The second kappa shape index (κ2) is 5.52. The largest absolute Gasteiger partial charge is 0.387 e. The van der Waals surface area contributed by atoms with Crippen molar-refractivity contribution in [1.82, 2.24) is 9.88 Å². The van der Waals surface area contributed by atoms with Crippen molar-refractivity contribution < 1.29 is 5.11 Å². The van der Waals surface area contributed by atoms with Gasteiger partial charge in [-0.2, -0.15) is 0 Å². The van der Waals surface area contributed by atoms with Crippen LogP contribution in [0.3, 0.4) is 0 Å². The highest BCUT2D eigenvalue weighted by molar-refractivity contribution is 7.15. The molecular weight excluding hydrogens is 282 g/mol. The van der Waals surface area contributed by atoms with E-state index in [1.165, 1.54) is 19.4 Å². The van der Waals surface area contributed by atoms with Crippen LogP contribution >= 0.6 is 11.3 Å². The molecule has 2 aliphatic rings. The summed E-state index contributed by atoms with van der Waals surface area (Å²) in [5.74, 6) is 0. The number of anilines is 1. The molecule has 3 rings (SSSR count). The van der Waals surface area contributed by atoms with E-state index in [0.29, 0.717) is 6.04 Å². The molecular formula is C16H27N3OS. The molecule has 0 bridgehead atoms. The molecule has 1 aliphatic heterocycles. The quantitative estimate of drug-likeness (QED) is 0.912. The van der Waals surface area contributed by atoms with Crippen LogP contribution in [0.15, 0.2) is 0 Å². The van der Waals surface area contributed by atoms with Gasteiger partial charge in [-0.3, -0.25) is 0 Å². The summed E-state index contributed by atoms with van der Waals surface area (Å²) in [4.78, 5) is 10.7. The van der Waals surface area contributed by atoms with E-state index in [9.17, 15) is 5.11 Å². The Bertz CT molecular complexity index is 514. The van der Waals surface area contributed by atoms with Crippen molar-refractivity contribution in [3.05, 3.63) is 10.6 Å². The molecule has 0 aromatic carbocycles. The maximum Gasteiger partial charge on any atom is 0.185 e. The number of hydrogen-bond donors (Lipinski definition) is 1. The summed E-state index contributed by atoms with van der Waals surface area (Å²) in [7, 11) is 4.35. The van der Waals surface area contributed by atoms with Gasteiger partial charge in [0.05, 0.1) is 16.7 Å². The average Bonchev–Trinajstić information content (AvgIpc) is 2.80. The lowest BCUT2D eigenvalue weighted by molar-refractivity contribution is 0.102. The van der Waals surface area contributed by atoms with Gasteiger partial charge < -0.3 is 14.9 Å². The Hall–Kier alpha value is -0.650. The van der Waals surface area contributed by atoms with E-state index in [1.54, 1.807) is 11.3 Å². The van der Waals surface area contributed by atoms with Crippen molar-refractivity contribution >= 4 is 16.5 Å². The van der Waals surface area contributed by atoms with Gasteiger partial charge in [0, 0.05) is 19.6 Å². The summed E-state index contributed by atoms with van der Waals surface area (Å²) in [5, 5.41) is 11.5. The molecule has 21 heavy (non-hydrogen) atoms. The molecule has 5 heteroatoms. The van der Waals surface area contributed by atoms with E-state index in [1.807, 2.05) is 0 Å². The number of hydrogen-bond acceptors (Lipinski definition) is 5.